The van der Waals surface area contributed by atoms with E-state index in [0.717, 1.165) is 4.31 Å². The van der Waals surface area contributed by atoms with Gasteiger partial charge >= 0.3 is 5.97 Å². The lowest BCUT2D eigenvalue weighted by Crippen LogP contribution is -2.40. The van der Waals surface area contributed by atoms with Gasteiger partial charge in [0, 0.05) is 17.9 Å². The number of benzene rings is 1. The van der Waals surface area contributed by atoms with Gasteiger partial charge in [-0.1, -0.05) is 0 Å². The van der Waals surface area contributed by atoms with Crippen LogP contribution in [0.25, 0.3) is 0 Å². The number of carbonyl (C=O) groups is 2. The van der Waals surface area contributed by atoms with Crippen molar-refractivity contribution in [2.75, 3.05) is 11.9 Å². The maximum atomic E-state index is 12.6. The Kier molecular flexibility index (Phi) is 4.88. The first kappa shape index (κ1) is 16.9. The molecule has 1 aromatic rings. The molecular weight excluding hydrogens is 376 g/mol. The van der Waals surface area contributed by atoms with Crippen molar-refractivity contribution in [3.05, 3.63) is 22.7 Å². The first-order valence-electron chi connectivity index (χ1n) is 6.55. The number of sulfonamides is 1. The molecule has 0 unspecified atom stereocenters. The number of nitrogens with one attached hydrogen (secondary N) is 1. The predicted molar refractivity (Wildman–Crippen MR) is 83.0 cm³/mol. The zero-order valence-electron chi connectivity index (χ0n) is 11.7. The molecule has 0 saturated carbocycles. The minimum Gasteiger partial charge on any atom is -0.480 e. The molecule has 0 aromatic heterocycles. The fourth-order valence-corrected chi connectivity index (χ4v) is 4.66. The molecule has 120 valence electrons. The van der Waals surface area contributed by atoms with Crippen LogP contribution in [-0.2, 0) is 19.6 Å². The van der Waals surface area contributed by atoms with Gasteiger partial charge in [0.1, 0.15) is 6.04 Å². The van der Waals surface area contributed by atoms with Crippen LogP contribution in [0.15, 0.2) is 27.6 Å². The first-order valence-corrected chi connectivity index (χ1v) is 8.78. The molecule has 1 aliphatic rings. The zero-order chi connectivity index (χ0) is 16.5. The molecule has 9 heteroatoms. The van der Waals surface area contributed by atoms with Crippen molar-refractivity contribution < 1.29 is 23.1 Å². The van der Waals surface area contributed by atoms with Crippen LogP contribution in [0.1, 0.15) is 19.8 Å². The third-order valence-corrected chi connectivity index (χ3v) is 5.91. The van der Waals surface area contributed by atoms with E-state index in [0.29, 0.717) is 23.0 Å². The summed E-state index contributed by atoms with van der Waals surface area (Å²) < 4.78 is 26.6. The van der Waals surface area contributed by atoms with Gasteiger partial charge in [-0.05, 0) is 47.0 Å². The van der Waals surface area contributed by atoms with Crippen LogP contribution in [0, 0.1) is 0 Å². The molecule has 1 saturated heterocycles. The molecule has 0 aliphatic carbocycles. The SMILES string of the molecule is CC(=O)Nc1ccc(S(=O)(=O)N2CCC[C@H]2C(=O)O)cc1Br. The van der Waals surface area contributed by atoms with Crippen LogP contribution in [0.2, 0.25) is 0 Å². The van der Waals surface area contributed by atoms with Crippen molar-refractivity contribution in [1.82, 2.24) is 4.31 Å². The van der Waals surface area contributed by atoms with Crippen LogP contribution in [0.3, 0.4) is 0 Å². The molecule has 2 N–H and O–H groups in total. The van der Waals surface area contributed by atoms with E-state index in [1.165, 1.54) is 25.1 Å². The Morgan fingerprint density at radius 3 is 2.64 bits per heavy atom. The van der Waals surface area contributed by atoms with Gasteiger partial charge in [0.25, 0.3) is 0 Å². The van der Waals surface area contributed by atoms with Gasteiger partial charge < -0.3 is 10.4 Å². The summed E-state index contributed by atoms with van der Waals surface area (Å²) in [5, 5.41) is 11.7. The van der Waals surface area contributed by atoms with Gasteiger partial charge in [-0.3, -0.25) is 9.59 Å². The lowest BCUT2D eigenvalue weighted by atomic mass is 10.2. The van der Waals surface area contributed by atoms with E-state index in [1.807, 2.05) is 0 Å². The number of anilines is 1. The summed E-state index contributed by atoms with van der Waals surface area (Å²) in [4.78, 5) is 22.2. The Morgan fingerprint density at radius 1 is 1.41 bits per heavy atom. The number of nitrogens with zero attached hydrogens (tertiary/aromatic N) is 1. The highest BCUT2D eigenvalue weighted by Crippen LogP contribution is 2.30. The second kappa shape index (κ2) is 6.35. The van der Waals surface area contributed by atoms with Crippen molar-refractivity contribution >= 4 is 43.5 Å². The maximum Gasteiger partial charge on any atom is 0.322 e. The number of aliphatic carboxylic acids is 1. The Hall–Kier alpha value is -1.45. The van der Waals surface area contributed by atoms with E-state index >= 15 is 0 Å². The summed E-state index contributed by atoms with van der Waals surface area (Å²) in [6, 6.07) is 3.14. The summed E-state index contributed by atoms with van der Waals surface area (Å²) in [7, 11) is -3.89. The van der Waals surface area contributed by atoms with E-state index in [2.05, 4.69) is 21.2 Å². The topological polar surface area (TPSA) is 104 Å². The Labute approximate surface area is 136 Å². The van der Waals surface area contributed by atoms with E-state index in [-0.39, 0.29) is 17.3 Å². The monoisotopic (exact) mass is 390 g/mol. The predicted octanol–water partition coefficient (Wildman–Crippen LogP) is 1.65. The lowest BCUT2D eigenvalue weighted by molar-refractivity contribution is -0.140. The highest BCUT2D eigenvalue weighted by molar-refractivity contribution is 9.10. The molecule has 1 aliphatic heterocycles. The van der Waals surface area contributed by atoms with E-state index in [1.54, 1.807) is 0 Å². The average molecular weight is 391 g/mol. The van der Waals surface area contributed by atoms with Crippen molar-refractivity contribution in [1.29, 1.82) is 0 Å². The number of halogens is 1. The van der Waals surface area contributed by atoms with Crippen molar-refractivity contribution in [2.24, 2.45) is 0 Å². The van der Waals surface area contributed by atoms with Gasteiger partial charge in [0.15, 0.2) is 0 Å². The van der Waals surface area contributed by atoms with Crippen molar-refractivity contribution in [3.8, 4) is 0 Å². The van der Waals surface area contributed by atoms with E-state index in [4.69, 9.17) is 5.11 Å². The Bertz CT molecular complexity index is 719. The van der Waals surface area contributed by atoms with Crippen LogP contribution < -0.4 is 5.32 Å². The number of carbonyl (C=O) groups excluding carboxylic acids is 1. The third-order valence-electron chi connectivity index (χ3n) is 3.35. The van der Waals surface area contributed by atoms with Gasteiger partial charge in [-0.25, -0.2) is 8.42 Å². The number of hydrogen-bond donors (Lipinski definition) is 2. The molecule has 0 bridgehead atoms. The molecule has 1 aromatic carbocycles. The average Bonchev–Trinajstić information content (AvgIpc) is 2.90. The first-order chi connectivity index (χ1) is 10.2. The minimum atomic E-state index is -3.89. The number of carboxylic acid groups (broad SMARTS) is 1. The fourth-order valence-electron chi connectivity index (χ4n) is 2.36. The summed E-state index contributed by atoms with van der Waals surface area (Å²) in [5.74, 6) is -1.42. The number of rotatable bonds is 4. The van der Waals surface area contributed by atoms with Crippen LogP contribution >= 0.6 is 15.9 Å². The quantitative estimate of drug-likeness (QED) is 0.812. The van der Waals surface area contributed by atoms with Gasteiger partial charge in [0.05, 0.1) is 10.6 Å². The zero-order valence-corrected chi connectivity index (χ0v) is 14.1. The third kappa shape index (κ3) is 3.31. The molecule has 0 spiro atoms. The van der Waals surface area contributed by atoms with Crippen molar-refractivity contribution in [3.63, 3.8) is 0 Å². The standard InChI is InChI=1S/C13H15BrN2O5S/c1-8(17)15-11-5-4-9(7-10(11)14)22(20,21)16-6-2-3-12(16)13(18)19/h4-5,7,12H,2-3,6H2,1H3,(H,15,17)(H,18,19)/t12-/m0/s1. The second-order valence-electron chi connectivity index (χ2n) is 4.93. The van der Waals surface area contributed by atoms with Gasteiger partial charge in [-0.2, -0.15) is 4.31 Å². The highest BCUT2D eigenvalue weighted by atomic mass is 79.9. The van der Waals surface area contributed by atoms with Crippen LogP contribution in [0.5, 0.6) is 0 Å². The molecule has 1 amide bonds. The molecule has 1 heterocycles. The number of hydrogen-bond acceptors (Lipinski definition) is 4. The summed E-state index contributed by atoms with van der Waals surface area (Å²) in [5.41, 5.74) is 0.447. The smallest absolute Gasteiger partial charge is 0.322 e. The van der Waals surface area contributed by atoms with E-state index < -0.39 is 22.0 Å². The minimum absolute atomic E-state index is 0.0124. The molecular formula is C13H15BrN2O5S. The Balaban J connectivity index is 2.36. The lowest BCUT2D eigenvalue weighted by Gasteiger charge is -2.21. The molecule has 7 nitrogen and oxygen atoms in total. The van der Waals surface area contributed by atoms with Crippen LogP contribution in [0.4, 0.5) is 5.69 Å². The number of carboxylic acids is 1. The molecule has 1 atom stereocenters. The van der Waals surface area contributed by atoms with Crippen LogP contribution in [-0.4, -0.2) is 42.3 Å². The van der Waals surface area contributed by atoms with E-state index in [9.17, 15) is 18.0 Å². The summed E-state index contributed by atoms with van der Waals surface area (Å²) in [6.07, 6.45) is 0.820. The Morgan fingerprint density at radius 2 is 2.09 bits per heavy atom. The number of amides is 1. The van der Waals surface area contributed by atoms with Gasteiger partial charge in [0.2, 0.25) is 15.9 Å². The van der Waals surface area contributed by atoms with Crippen molar-refractivity contribution in [2.45, 2.75) is 30.7 Å². The second-order valence-corrected chi connectivity index (χ2v) is 7.68. The highest BCUT2D eigenvalue weighted by Gasteiger charge is 2.39. The molecule has 22 heavy (non-hydrogen) atoms. The largest absolute Gasteiger partial charge is 0.480 e. The summed E-state index contributed by atoms with van der Waals surface area (Å²) >= 11 is 3.21. The summed E-state index contributed by atoms with van der Waals surface area (Å²) in [6.45, 7) is 1.53. The molecule has 0 radical (unpaired) electrons. The fraction of sp³-hybridized carbons (Fsp3) is 0.385. The van der Waals surface area contributed by atoms with Gasteiger partial charge in [-0.15, -0.1) is 0 Å². The molecule has 2 rings (SSSR count). The molecule has 1 fully saturated rings. The maximum absolute atomic E-state index is 12.6. The normalized spacial score (nSPS) is 19.1.